The van der Waals surface area contributed by atoms with Gasteiger partial charge in [0, 0.05) is 5.57 Å². The maximum atomic E-state index is 11.2. The molecule has 0 bridgehead atoms. The lowest BCUT2D eigenvalue weighted by Gasteiger charge is -2.12. The Morgan fingerprint density at radius 3 is 1.46 bits per heavy atom. The number of esters is 1. The second-order valence-corrected chi connectivity index (χ2v) is 21.0. The van der Waals surface area contributed by atoms with Gasteiger partial charge in [-0.05, 0) is 19.4 Å². The van der Waals surface area contributed by atoms with E-state index >= 15 is 0 Å². The molecule has 0 spiro atoms. The fourth-order valence-electron chi connectivity index (χ4n) is 3.06. The summed E-state index contributed by atoms with van der Waals surface area (Å²) in [5, 5.41) is 0. The van der Waals surface area contributed by atoms with Crippen LogP contribution in [0, 0.1) is 0 Å². The first-order valence-electron chi connectivity index (χ1n) is 10.8. The number of carbonyl (C=O) groups is 1. The van der Waals surface area contributed by atoms with Crippen LogP contribution in [-0.4, -0.2) is 18.1 Å². The Bertz CT molecular complexity index is 364. The van der Waals surface area contributed by atoms with Crippen LogP contribution in [0.15, 0.2) is 12.2 Å². The third kappa shape index (κ3) is 20.5. The van der Waals surface area contributed by atoms with Gasteiger partial charge >= 0.3 is 5.97 Å². The van der Waals surface area contributed by atoms with Crippen molar-refractivity contribution in [2.24, 2.45) is 0 Å². The summed E-state index contributed by atoms with van der Waals surface area (Å²) in [7, 11) is 0. The van der Waals surface area contributed by atoms with E-state index in [1.807, 2.05) is 0 Å². The standard InChI is InChI=1S/C22H43IO2Si/c1-21(2)22(24)25-19-17-15-13-11-9-7-5-6-8-10-12-14-16-18-20-26(3,4)23/h1,5-20H2,2-4H3. The second-order valence-electron chi connectivity index (χ2n) is 8.33. The SMILES string of the molecule is C=C(C)C(=O)OCCCCCCCCCCCCCCCC[Si](C)(C)I. The predicted octanol–water partition coefficient (Wildman–Crippen LogP) is 8.21. The van der Waals surface area contributed by atoms with Crippen molar-refractivity contribution < 1.29 is 9.53 Å². The van der Waals surface area contributed by atoms with Crippen LogP contribution in [0.3, 0.4) is 0 Å². The number of hydrogen-bond donors (Lipinski definition) is 0. The zero-order valence-corrected chi connectivity index (χ0v) is 20.9. The van der Waals surface area contributed by atoms with Gasteiger partial charge in [-0.25, -0.2) is 4.79 Å². The minimum absolute atomic E-state index is 0.253. The highest BCUT2D eigenvalue weighted by Gasteiger charge is 2.14. The fraction of sp³-hybridized carbons (Fsp3) is 0.864. The summed E-state index contributed by atoms with van der Waals surface area (Å²) in [6.45, 7) is 10.8. The molecule has 0 radical (unpaired) electrons. The van der Waals surface area contributed by atoms with Crippen LogP contribution in [-0.2, 0) is 9.53 Å². The quantitative estimate of drug-likeness (QED) is 0.0479. The summed E-state index contributed by atoms with van der Waals surface area (Å²) in [5.41, 5.74) is -0.334. The Morgan fingerprint density at radius 2 is 1.12 bits per heavy atom. The molecule has 0 saturated heterocycles. The van der Waals surface area contributed by atoms with Crippen molar-refractivity contribution in [3.05, 3.63) is 12.2 Å². The third-order valence-electron chi connectivity index (χ3n) is 4.75. The number of ether oxygens (including phenoxy) is 1. The summed E-state index contributed by atoms with van der Waals surface area (Å²) in [6, 6.07) is 1.49. The minimum atomic E-state index is -0.826. The molecule has 0 atom stereocenters. The molecule has 2 nitrogen and oxygen atoms in total. The Hall–Kier alpha value is 0.157. The largest absolute Gasteiger partial charge is 0.462 e. The Balaban J connectivity index is 3.11. The van der Waals surface area contributed by atoms with E-state index in [4.69, 9.17) is 4.74 Å². The molecule has 0 aromatic carbocycles. The average molecular weight is 495 g/mol. The van der Waals surface area contributed by atoms with Crippen LogP contribution >= 0.6 is 21.8 Å². The topological polar surface area (TPSA) is 26.3 Å². The Kier molecular flexibility index (Phi) is 17.4. The first-order valence-corrected chi connectivity index (χ1v) is 17.2. The van der Waals surface area contributed by atoms with E-state index in [0.717, 1.165) is 6.42 Å². The maximum Gasteiger partial charge on any atom is 0.333 e. The molecule has 0 aromatic rings. The molecular formula is C22H43IO2Si. The van der Waals surface area contributed by atoms with Crippen molar-refractivity contribution in [1.29, 1.82) is 0 Å². The van der Waals surface area contributed by atoms with Gasteiger partial charge in [-0.1, -0.05) is 103 Å². The number of rotatable bonds is 18. The van der Waals surface area contributed by atoms with Crippen LogP contribution in [0.5, 0.6) is 0 Å². The molecule has 0 aliphatic heterocycles. The molecule has 0 amide bonds. The van der Waals surface area contributed by atoms with Crippen molar-refractivity contribution in [3.63, 3.8) is 0 Å². The molecule has 0 aromatic heterocycles. The average Bonchev–Trinajstić information content (AvgIpc) is 2.56. The molecule has 0 heterocycles. The molecule has 0 saturated carbocycles. The van der Waals surface area contributed by atoms with Gasteiger partial charge in [0.05, 0.1) is 6.61 Å². The normalized spacial score (nSPS) is 11.5. The van der Waals surface area contributed by atoms with E-state index in [0.29, 0.717) is 12.2 Å². The summed E-state index contributed by atoms with van der Waals surface area (Å²) >= 11 is 2.70. The van der Waals surface area contributed by atoms with Crippen LogP contribution < -0.4 is 0 Å². The van der Waals surface area contributed by atoms with E-state index in [-0.39, 0.29) is 5.97 Å². The van der Waals surface area contributed by atoms with Gasteiger partial charge in [0.1, 0.15) is 5.57 Å². The molecule has 4 heteroatoms. The van der Waals surface area contributed by atoms with Gasteiger partial charge in [-0.3, -0.25) is 0 Å². The van der Waals surface area contributed by atoms with Crippen molar-refractivity contribution in [2.75, 3.05) is 6.61 Å². The van der Waals surface area contributed by atoms with Crippen molar-refractivity contribution >= 4 is 33.3 Å². The van der Waals surface area contributed by atoms with Crippen LogP contribution in [0.1, 0.15) is 96.8 Å². The van der Waals surface area contributed by atoms with Gasteiger partial charge in [0.15, 0.2) is 0 Å². The van der Waals surface area contributed by atoms with E-state index in [1.54, 1.807) is 6.92 Å². The first-order chi connectivity index (χ1) is 12.3. The van der Waals surface area contributed by atoms with E-state index in [9.17, 15) is 4.79 Å². The van der Waals surface area contributed by atoms with Crippen LogP contribution in [0.25, 0.3) is 0 Å². The number of hydrogen-bond acceptors (Lipinski definition) is 2. The lowest BCUT2D eigenvalue weighted by molar-refractivity contribution is -0.139. The molecule has 0 aliphatic carbocycles. The summed E-state index contributed by atoms with van der Waals surface area (Å²) in [6.07, 6.45) is 19.0. The smallest absolute Gasteiger partial charge is 0.333 e. The molecule has 26 heavy (non-hydrogen) atoms. The molecule has 0 rings (SSSR count). The van der Waals surface area contributed by atoms with E-state index in [2.05, 4.69) is 41.5 Å². The molecule has 0 unspecified atom stereocenters. The molecule has 0 N–H and O–H groups in total. The zero-order chi connectivity index (χ0) is 19.7. The second kappa shape index (κ2) is 17.3. The van der Waals surface area contributed by atoms with Crippen LogP contribution in [0.4, 0.5) is 0 Å². The summed E-state index contributed by atoms with van der Waals surface area (Å²) in [4.78, 5) is 11.2. The van der Waals surface area contributed by atoms with Gasteiger partial charge < -0.3 is 4.74 Å². The third-order valence-corrected chi connectivity index (χ3v) is 7.91. The molecule has 0 fully saturated rings. The number of unbranched alkanes of at least 4 members (excludes halogenated alkanes) is 13. The van der Waals surface area contributed by atoms with Gasteiger partial charge in [-0.15, -0.1) is 21.8 Å². The zero-order valence-electron chi connectivity index (χ0n) is 17.7. The van der Waals surface area contributed by atoms with Crippen molar-refractivity contribution in [1.82, 2.24) is 0 Å². The van der Waals surface area contributed by atoms with Crippen LogP contribution in [0.2, 0.25) is 19.1 Å². The number of halogens is 1. The van der Waals surface area contributed by atoms with E-state index in [1.165, 1.54) is 89.5 Å². The van der Waals surface area contributed by atoms with E-state index < -0.39 is 5.57 Å². The molecule has 154 valence electrons. The monoisotopic (exact) mass is 494 g/mol. The Morgan fingerprint density at radius 1 is 0.769 bits per heavy atom. The fourth-order valence-corrected chi connectivity index (χ4v) is 5.29. The lowest BCUT2D eigenvalue weighted by Crippen LogP contribution is -2.13. The highest BCUT2D eigenvalue weighted by atomic mass is 127. The molecule has 0 aliphatic rings. The lowest BCUT2D eigenvalue weighted by atomic mass is 10.0. The predicted molar refractivity (Wildman–Crippen MR) is 127 cm³/mol. The summed E-state index contributed by atoms with van der Waals surface area (Å²) in [5.74, 6) is -0.253. The highest BCUT2D eigenvalue weighted by molar-refractivity contribution is 14.1. The van der Waals surface area contributed by atoms with Gasteiger partial charge in [-0.2, -0.15) is 0 Å². The highest BCUT2D eigenvalue weighted by Crippen LogP contribution is 2.22. The van der Waals surface area contributed by atoms with Gasteiger partial charge in [0.2, 0.25) is 0 Å². The van der Waals surface area contributed by atoms with Crippen molar-refractivity contribution in [3.8, 4) is 0 Å². The first kappa shape index (κ1) is 26.2. The Labute approximate surface area is 177 Å². The maximum absolute atomic E-state index is 11.2. The van der Waals surface area contributed by atoms with Gasteiger partial charge in [0.25, 0.3) is 0 Å². The summed E-state index contributed by atoms with van der Waals surface area (Å²) < 4.78 is 5.09. The number of carbonyl (C=O) groups excluding carboxylic acids is 1. The minimum Gasteiger partial charge on any atom is -0.462 e. The van der Waals surface area contributed by atoms with Crippen molar-refractivity contribution in [2.45, 2.75) is 116 Å². The molecular weight excluding hydrogens is 451 g/mol.